The first kappa shape index (κ1) is 16.8. The molecule has 1 saturated heterocycles. The van der Waals surface area contributed by atoms with Crippen LogP contribution in [0.2, 0.25) is 0 Å². The Morgan fingerprint density at radius 3 is 2.38 bits per heavy atom. The third kappa shape index (κ3) is 4.26. The highest BCUT2D eigenvalue weighted by molar-refractivity contribution is 5.97. The van der Waals surface area contributed by atoms with E-state index in [1.807, 2.05) is 0 Å². The molecule has 1 aromatic rings. The molecule has 0 bridgehead atoms. The fourth-order valence-electron chi connectivity index (χ4n) is 3.06. The summed E-state index contributed by atoms with van der Waals surface area (Å²) >= 11 is 0. The highest BCUT2D eigenvalue weighted by Gasteiger charge is 2.34. The number of carbonyl (C=O) groups excluding carboxylic acids is 2. The first-order valence-electron chi connectivity index (χ1n) is 8.63. The monoisotopic (exact) mass is 331 g/mol. The van der Waals surface area contributed by atoms with Gasteiger partial charge in [0, 0.05) is 11.6 Å². The molecule has 0 aromatic heterocycles. The van der Waals surface area contributed by atoms with E-state index in [4.69, 9.17) is 4.74 Å². The van der Waals surface area contributed by atoms with Gasteiger partial charge in [0.05, 0.1) is 7.11 Å². The van der Waals surface area contributed by atoms with Crippen LogP contribution in [0.15, 0.2) is 24.3 Å². The molecule has 0 spiro atoms. The van der Waals surface area contributed by atoms with E-state index in [0.717, 1.165) is 38.8 Å². The standard InChI is InChI=1S/C18H25N3O3/c1-24-15-6-2-13(3-7-15)17(22)21-16(12-8-10-19-11-9-12)18(23)20-14-4-5-14/h2-3,6-7,12,14,16,19H,4-5,8-11H2,1H3,(H,20,23)(H,21,22). The van der Waals surface area contributed by atoms with Crippen LogP contribution >= 0.6 is 0 Å². The van der Waals surface area contributed by atoms with Crippen molar-refractivity contribution in [2.24, 2.45) is 5.92 Å². The van der Waals surface area contributed by atoms with Crippen LogP contribution in [0.1, 0.15) is 36.0 Å². The minimum Gasteiger partial charge on any atom is -0.497 e. The lowest BCUT2D eigenvalue weighted by atomic mass is 9.89. The molecule has 3 N–H and O–H groups in total. The topological polar surface area (TPSA) is 79.5 Å². The van der Waals surface area contributed by atoms with Crippen LogP contribution in [0.3, 0.4) is 0 Å². The summed E-state index contributed by atoms with van der Waals surface area (Å²) in [4.78, 5) is 25.1. The predicted octanol–water partition coefficient (Wildman–Crippen LogP) is 1.07. The fourth-order valence-corrected chi connectivity index (χ4v) is 3.06. The van der Waals surface area contributed by atoms with Crippen molar-refractivity contribution < 1.29 is 14.3 Å². The molecule has 3 rings (SSSR count). The molecule has 0 radical (unpaired) electrons. The van der Waals surface area contributed by atoms with Gasteiger partial charge >= 0.3 is 0 Å². The molecule has 24 heavy (non-hydrogen) atoms. The number of rotatable bonds is 6. The van der Waals surface area contributed by atoms with Gasteiger partial charge in [0.1, 0.15) is 11.8 Å². The minimum atomic E-state index is -0.470. The SMILES string of the molecule is COc1ccc(C(=O)NC(C(=O)NC2CC2)C2CCNCC2)cc1. The van der Waals surface area contributed by atoms with Crippen molar-refractivity contribution >= 4 is 11.8 Å². The average molecular weight is 331 g/mol. The molecule has 1 heterocycles. The Morgan fingerprint density at radius 1 is 1.12 bits per heavy atom. The Morgan fingerprint density at radius 2 is 1.79 bits per heavy atom. The summed E-state index contributed by atoms with van der Waals surface area (Å²) in [5, 5.41) is 9.29. The van der Waals surface area contributed by atoms with Crippen molar-refractivity contribution in [3.05, 3.63) is 29.8 Å². The molecule has 6 heteroatoms. The van der Waals surface area contributed by atoms with E-state index in [1.165, 1.54) is 0 Å². The Hall–Kier alpha value is -2.08. The van der Waals surface area contributed by atoms with Gasteiger partial charge < -0.3 is 20.7 Å². The lowest BCUT2D eigenvalue weighted by molar-refractivity contribution is -0.124. The van der Waals surface area contributed by atoms with Gasteiger partial charge in [0.2, 0.25) is 5.91 Å². The number of nitrogens with one attached hydrogen (secondary N) is 3. The van der Waals surface area contributed by atoms with Crippen molar-refractivity contribution in [1.82, 2.24) is 16.0 Å². The number of carbonyl (C=O) groups is 2. The van der Waals surface area contributed by atoms with Crippen molar-refractivity contribution in [2.45, 2.75) is 37.8 Å². The number of hydrogen-bond donors (Lipinski definition) is 3. The van der Waals surface area contributed by atoms with Crippen LogP contribution in [0.25, 0.3) is 0 Å². The zero-order valence-corrected chi connectivity index (χ0v) is 14.0. The second-order valence-electron chi connectivity index (χ2n) is 6.55. The van der Waals surface area contributed by atoms with E-state index in [2.05, 4.69) is 16.0 Å². The van der Waals surface area contributed by atoms with Crippen molar-refractivity contribution in [1.29, 1.82) is 0 Å². The lowest BCUT2D eigenvalue weighted by Gasteiger charge is -2.30. The predicted molar refractivity (Wildman–Crippen MR) is 91.0 cm³/mol. The quantitative estimate of drug-likeness (QED) is 0.729. The molecular formula is C18H25N3O3. The third-order valence-electron chi connectivity index (χ3n) is 4.70. The van der Waals surface area contributed by atoms with E-state index in [1.54, 1.807) is 31.4 Å². The van der Waals surface area contributed by atoms with Gasteiger partial charge in [-0.25, -0.2) is 0 Å². The minimum absolute atomic E-state index is 0.0498. The smallest absolute Gasteiger partial charge is 0.251 e. The summed E-state index contributed by atoms with van der Waals surface area (Å²) in [5.41, 5.74) is 0.536. The summed E-state index contributed by atoms with van der Waals surface area (Å²) in [7, 11) is 1.59. The lowest BCUT2D eigenvalue weighted by Crippen LogP contribution is -2.53. The van der Waals surface area contributed by atoms with Crippen molar-refractivity contribution in [3.8, 4) is 5.75 Å². The van der Waals surface area contributed by atoms with Gasteiger partial charge in [-0.3, -0.25) is 9.59 Å². The second kappa shape index (κ2) is 7.66. The first-order valence-corrected chi connectivity index (χ1v) is 8.63. The second-order valence-corrected chi connectivity index (χ2v) is 6.55. The summed E-state index contributed by atoms with van der Waals surface area (Å²) in [6.45, 7) is 1.77. The van der Waals surface area contributed by atoms with E-state index in [-0.39, 0.29) is 17.7 Å². The number of amides is 2. The highest BCUT2D eigenvalue weighted by atomic mass is 16.5. The molecular weight excluding hydrogens is 306 g/mol. The summed E-state index contributed by atoms with van der Waals surface area (Å²) in [6.07, 6.45) is 3.87. The van der Waals surface area contributed by atoms with Crippen LogP contribution in [0, 0.1) is 5.92 Å². The maximum Gasteiger partial charge on any atom is 0.251 e. The fraction of sp³-hybridized carbons (Fsp3) is 0.556. The molecule has 130 valence electrons. The highest BCUT2D eigenvalue weighted by Crippen LogP contribution is 2.22. The molecule has 6 nitrogen and oxygen atoms in total. The summed E-state index contributed by atoms with van der Waals surface area (Å²) in [6, 6.07) is 6.75. The summed E-state index contributed by atoms with van der Waals surface area (Å²) in [5.74, 6) is 0.610. The first-order chi connectivity index (χ1) is 11.7. The van der Waals surface area contributed by atoms with Crippen molar-refractivity contribution in [2.75, 3.05) is 20.2 Å². The summed E-state index contributed by atoms with van der Waals surface area (Å²) < 4.78 is 5.11. The zero-order valence-electron chi connectivity index (χ0n) is 14.0. The third-order valence-corrected chi connectivity index (χ3v) is 4.70. The molecule has 1 aliphatic heterocycles. The molecule has 2 aliphatic rings. The van der Waals surface area contributed by atoms with Gasteiger partial charge in [0.15, 0.2) is 0 Å². The van der Waals surface area contributed by atoms with Crippen LogP contribution in [-0.4, -0.2) is 44.1 Å². The van der Waals surface area contributed by atoms with E-state index >= 15 is 0 Å². The van der Waals surface area contributed by atoms with Gasteiger partial charge in [-0.1, -0.05) is 0 Å². The normalized spacial score (nSPS) is 19.4. The van der Waals surface area contributed by atoms with Crippen LogP contribution < -0.4 is 20.7 Å². The number of hydrogen-bond acceptors (Lipinski definition) is 4. The molecule has 1 aliphatic carbocycles. The average Bonchev–Trinajstić information content (AvgIpc) is 3.44. The Labute approximate surface area is 142 Å². The Bertz CT molecular complexity index is 578. The van der Waals surface area contributed by atoms with Crippen LogP contribution in [0.5, 0.6) is 5.75 Å². The maximum atomic E-state index is 12.6. The van der Waals surface area contributed by atoms with Gasteiger partial charge in [-0.15, -0.1) is 0 Å². The number of methoxy groups -OCH3 is 1. The maximum absolute atomic E-state index is 12.6. The molecule has 1 saturated carbocycles. The van der Waals surface area contributed by atoms with Gasteiger partial charge in [0.25, 0.3) is 5.91 Å². The zero-order chi connectivity index (χ0) is 16.9. The number of ether oxygens (including phenoxy) is 1. The van der Waals surface area contributed by atoms with Crippen LogP contribution in [-0.2, 0) is 4.79 Å². The Balaban J connectivity index is 1.68. The van der Waals surface area contributed by atoms with Crippen LogP contribution in [0.4, 0.5) is 0 Å². The molecule has 1 atom stereocenters. The van der Waals surface area contributed by atoms with Gasteiger partial charge in [-0.2, -0.15) is 0 Å². The largest absolute Gasteiger partial charge is 0.497 e. The molecule has 1 unspecified atom stereocenters. The van der Waals surface area contributed by atoms with Crippen molar-refractivity contribution in [3.63, 3.8) is 0 Å². The molecule has 1 aromatic carbocycles. The number of benzene rings is 1. The molecule has 2 fully saturated rings. The van der Waals surface area contributed by atoms with Gasteiger partial charge in [-0.05, 0) is 69.0 Å². The van der Waals surface area contributed by atoms with E-state index in [9.17, 15) is 9.59 Å². The van der Waals surface area contributed by atoms with E-state index < -0.39 is 6.04 Å². The van der Waals surface area contributed by atoms with E-state index in [0.29, 0.717) is 17.4 Å². The molecule has 2 amide bonds. The number of piperidine rings is 1. The Kier molecular flexibility index (Phi) is 5.35.